The molecule has 2 saturated heterocycles. The third-order valence-corrected chi connectivity index (χ3v) is 5.54. The van der Waals surface area contributed by atoms with Crippen LogP contribution in [0.2, 0.25) is 5.02 Å². The summed E-state index contributed by atoms with van der Waals surface area (Å²) >= 11 is 5.92. The van der Waals surface area contributed by atoms with Gasteiger partial charge in [0.15, 0.2) is 0 Å². The highest BCUT2D eigenvalue weighted by Gasteiger charge is 2.47. The van der Waals surface area contributed by atoms with Gasteiger partial charge in [-0.25, -0.2) is 0 Å². The molecule has 2 aromatic carbocycles. The van der Waals surface area contributed by atoms with Crippen LogP contribution in [0.5, 0.6) is 5.75 Å². The second-order valence-corrected chi connectivity index (χ2v) is 7.62. The van der Waals surface area contributed by atoms with E-state index in [0.29, 0.717) is 22.8 Å². The molecule has 0 bridgehead atoms. The average Bonchev–Trinajstić information content (AvgIpc) is 3.31. The Morgan fingerprint density at radius 2 is 1.79 bits per heavy atom. The number of aromatic hydroxyl groups is 1. The fourth-order valence-electron chi connectivity index (χ4n) is 3.84. The van der Waals surface area contributed by atoms with Gasteiger partial charge in [0.05, 0.1) is 17.7 Å². The van der Waals surface area contributed by atoms with Gasteiger partial charge < -0.3 is 19.8 Å². The smallest absolute Gasteiger partial charge is 0.295 e. The molecular formula is C22H20ClNO5. The van der Waals surface area contributed by atoms with Crippen LogP contribution < -0.4 is 0 Å². The Bertz CT molecular complexity index is 962. The zero-order valence-electron chi connectivity index (χ0n) is 15.5. The van der Waals surface area contributed by atoms with Crippen molar-refractivity contribution in [3.63, 3.8) is 0 Å². The third kappa shape index (κ3) is 3.73. The fraction of sp³-hybridized carbons (Fsp3) is 0.273. The number of aliphatic hydroxyl groups excluding tert-OH is 1. The second kappa shape index (κ2) is 7.89. The minimum atomic E-state index is -0.768. The first kappa shape index (κ1) is 19.5. The van der Waals surface area contributed by atoms with Gasteiger partial charge in [-0.1, -0.05) is 23.7 Å². The number of hydrogen-bond donors (Lipinski definition) is 2. The number of phenolic OH excluding ortho intramolecular Hbond substituents is 1. The van der Waals surface area contributed by atoms with Crippen molar-refractivity contribution in [3.8, 4) is 5.75 Å². The number of benzene rings is 2. The summed E-state index contributed by atoms with van der Waals surface area (Å²) in [4.78, 5) is 27.2. The maximum atomic E-state index is 12.9. The van der Waals surface area contributed by atoms with Gasteiger partial charge >= 0.3 is 0 Å². The Hall–Kier alpha value is -2.83. The molecule has 2 atom stereocenters. The molecule has 0 saturated carbocycles. The van der Waals surface area contributed by atoms with E-state index >= 15 is 0 Å². The number of nitrogens with zero attached hydrogens (tertiary/aromatic N) is 1. The Kier molecular flexibility index (Phi) is 5.30. The maximum absolute atomic E-state index is 12.9. The van der Waals surface area contributed by atoms with Crippen molar-refractivity contribution in [2.45, 2.75) is 25.0 Å². The summed E-state index contributed by atoms with van der Waals surface area (Å²) < 4.78 is 5.66. The summed E-state index contributed by atoms with van der Waals surface area (Å²) in [5, 5.41) is 21.1. The lowest BCUT2D eigenvalue weighted by Gasteiger charge is -2.27. The normalized spacial score (nSPS) is 23.7. The van der Waals surface area contributed by atoms with Crippen LogP contribution in [0.25, 0.3) is 5.76 Å². The number of Topliss-reactive ketones (excluding diaryl/α,β-unsaturated/α-hetero) is 1. The number of phenols is 1. The molecule has 0 aromatic heterocycles. The monoisotopic (exact) mass is 413 g/mol. The van der Waals surface area contributed by atoms with E-state index < -0.39 is 17.7 Å². The fourth-order valence-corrected chi connectivity index (χ4v) is 3.97. The number of ketones is 1. The average molecular weight is 414 g/mol. The number of amides is 1. The summed E-state index contributed by atoms with van der Waals surface area (Å²) in [7, 11) is 0. The largest absolute Gasteiger partial charge is 0.508 e. The van der Waals surface area contributed by atoms with E-state index in [9.17, 15) is 19.8 Å². The molecule has 0 radical (unpaired) electrons. The minimum Gasteiger partial charge on any atom is -0.508 e. The SMILES string of the molecule is O=C1C(=O)N(C[C@@H]2CCCO2)[C@@H](c2ccc(O)cc2)/C1=C(\O)c1ccc(Cl)cc1. The van der Waals surface area contributed by atoms with E-state index in [1.54, 1.807) is 36.4 Å². The molecule has 2 heterocycles. The number of hydrogen-bond acceptors (Lipinski definition) is 5. The lowest BCUT2D eigenvalue weighted by atomic mass is 9.95. The predicted octanol–water partition coefficient (Wildman–Crippen LogP) is 3.65. The highest BCUT2D eigenvalue weighted by atomic mass is 35.5. The summed E-state index contributed by atoms with van der Waals surface area (Å²) in [6.07, 6.45) is 1.56. The predicted molar refractivity (Wildman–Crippen MR) is 108 cm³/mol. The first-order chi connectivity index (χ1) is 14.0. The maximum Gasteiger partial charge on any atom is 0.295 e. The topological polar surface area (TPSA) is 87.1 Å². The van der Waals surface area contributed by atoms with E-state index in [-0.39, 0.29) is 29.7 Å². The van der Waals surface area contributed by atoms with Gasteiger partial charge in [0.2, 0.25) is 0 Å². The van der Waals surface area contributed by atoms with Gasteiger partial charge in [-0.05, 0) is 54.8 Å². The summed E-state index contributed by atoms with van der Waals surface area (Å²) in [6, 6.07) is 11.9. The van der Waals surface area contributed by atoms with Gasteiger partial charge in [-0.2, -0.15) is 0 Å². The number of ether oxygens (including phenoxy) is 1. The molecule has 0 spiro atoms. The number of likely N-dealkylation sites (tertiary alicyclic amines) is 1. The van der Waals surface area contributed by atoms with Gasteiger partial charge in [-0.15, -0.1) is 0 Å². The van der Waals surface area contributed by atoms with Crippen molar-refractivity contribution in [1.29, 1.82) is 0 Å². The number of aliphatic hydroxyl groups is 1. The van der Waals surface area contributed by atoms with Crippen molar-refractivity contribution >= 4 is 29.1 Å². The van der Waals surface area contributed by atoms with E-state index in [4.69, 9.17) is 16.3 Å². The molecule has 0 aliphatic carbocycles. The first-order valence-electron chi connectivity index (χ1n) is 9.40. The van der Waals surface area contributed by atoms with Crippen molar-refractivity contribution in [2.75, 3.05) is 13.2 Å². The van der Waals surface area contributed by atoms with E-state index in [0.717, 1.165) is 12.8 Å². The molecule has 2 aliphatic rings. The summed E-state index contributed by atoms with van der Waals surface area (Å²) in [5.41, 5.74) is 1.03. The highest BCUT2D eigenvalue weighted by Crippen LogP contribution is 2.40. The second-order valence-electron chi connectivity index (χ2n) is 7.18. The molecular weight excluding hydrogens is 394 g/mol. The van der Waals surface area contributed by atoms with Crippen molar-refractivity contribution < 1.29 is 24.5 Å². The Morgan fingerprint density at radius 1 is 1.10 bits per heavy atom. The van der Waals surface area contributed by atoms with Gasteiger partial charge in [0, 0.05) is 23.7 Å². The van der Waals surface area contributed by atoms with Crippen LogP contribution in [0.3, 0.4) is 0 Å². The number of carbonyl (C=O) groups is 2. The zero-order valence-corrected chi connectivity index (χ0v) is 16.3. The van der Waals surface area contributed by atoms with Crippen LogP contribution >= 0.6 is 11.6 Å². The molecule has 1 amide bonds. The quantitative estimate of drug-likeness (QED) is 0.454. The Balaban J connectivity index is 1.81. The zero-order chi connectivity index (χ0) is 20.5. The lowest BCUT2D eigenvalue weighted by molar-refractivity contribution is -0.140. The van der Waals surface area contributed by atoms with Crippen LogP contribution in [0.15, 0.2) is 54.1 Å². The van der Waals surface area contributed by atoms with Gasteiger partial charge in [0.1, 0.15) is 11.5 Å². The lowest BCUT2D eigenvalue weighted by Crippen LogP contribution is -2.36. The van der Waals surface area contributed by atoms with Crippen LogP contribution in [0.4, 0.5) is 0 Å². The van der Waals surface area contributed by atoms with E-state index in [2.05, 4.69) is 0 Å². The van der Waals surface area contributed by atoms with Crippen LogP contribution in [0, 0.1) is 0 Å². The van der Waals surface area contributed by atoms with Gasteiger partial charge in [-0.3, -0.25) is 9.59 Å². The molecule has 2 fully saturated rings. The van der Waals surface area contributed by atoms with Crippen LogP contribution in [0.1, 0.15) is 30.0 Å². The van der Waals surface area contributed by atoms with Crippen molar-refractivity contribution in [2.24, 2.45) is 0 Å². The molecule has 6 nitrogen and oxygen atoms in total. The van der Waals surface area contributed by atoms with Gasteiger partial charge in [0.25, 0.3) is 11.7 Å². The minimum absolute atomic E-state index is 0.0148. The van der Waals surface area contributed by atoms with Crippen molar-refractivity contribution in [3.05, 3.63) is 70.3 Å². The van der Waals surface area contributed by atoms with E-state index in [1.165, 1.54) is 17.0 Å². The third-order valence-electron chi connectivity index (χ3n) is 5.29. The molecule has 0 unspecified atom stereocenters. The molecule has 4 rings (SSSR count). The molecule has 150 valence electrons. The summed E-state index contributed by atoms with van der Waals surface area (Å²) in [5.74, 6) is -1.60. The standard InChI is InChI=1S/C22H20ClNO5/c23-15-7-3-14(4-8-15)20(26)18-19(13-5-9-16(25)10-6-13)24(22(28)21(18)27)12-17-2-1-11-29-17/h3-10,17,19,25-26H,1-2,11-12H2/b20-18+/t17-,19-/m0/s1. The Morgan fingerprint density at radius 3 is 2.41 bits per heavy atom. The number of halogens is 1. The number of carbonyl (C=O) groups excluding carboxylic acids is 2. The van der Waals surface area contributed by atoms with Crippen LogP contribution in [-0.4, -0.2) is 46.1 Å². The molecule has 7 heteroatoms. The first-order valence-corrected chi connectivity index (χ1v) is 9.78. The highest BCUT2D eigenvalue weighted by molar-refractivity contribution is 6.46. The molecule has 29 heavy (non-hydrogen) atoms. The summed E-state index contributed by atoms with van der Waals surface area (Å²) in [6.45, 7) is 0.886. The van der Waals surface area contributed by atoms with Crippen LogP contribution in [-0.2, 0) is 14.3 Å². The molecule has 2 aromatic rings. The number of rotatable bonds is 4. The van der Waals surface area contributed by atoms with Crippen molar-refractivity contribution in [1.82, 2.24) is 4.90 Å². The molecule has 2 aliphatic heterocycles. The molecule has 2 N–H and O–H groups in total. The van der Waals surface area contributed by atoms with E-state index in [1.807, 2.05) is 0 Å². The Labute approximate surface area is 173 Å².